The summed E-state index contributed by atoms with van der Waals surface area (Å²) in [7, 11) is 1.29. The molecule has 34 heavy (non-hydrogen) atoms. The molecule has 0 radical (unpaired) electrons. The highest BCUT2D eigenvalue weighted by molar-refractivity contribution is 5.95. The van der Waals surface area contributed by atoms with Crippen molar-refractivity contribution in [2.75, 3.05) is 19.0 Å². The number of anilines is 1. The third-order valence-electron chi connectivity index (χ3n) is 5.66. The lowest BCUT2D eigenvalue weighted by atomic mass is 9.93. The predicted octanol–water partition coefficient (Wildman–Crippen LogP) is 4.43. The number of ether oxygens (including phenoxy) is 1. The van der Waals surface area contributed by atoms with Gasteiger partial charge in [0.2, 0.25) is 5.91 Å². The van der Waals surface area contributed by atoms with Crippen LogP contribution in [-0.2, 0) is 11.3 Å². The molecular formula is C25H22F3N3O3. The van der Waals surface area contributed by atoms with Gasteiger partial charge in [0.1, 0.15) is 29.2 Å². The fourth-order valence-corrected chi connectivity index (χ4v) is 4.04. The molecule has 1 aliphatic rings. The van der Waals surface area contributed by atoms with Gasteiger partial charge in [-0.1, -0.05) is 30.3 Å². The average molecular weight is 469 g/mol. The molecule has 0 aliphatic carbocycles. The highest BCUT2D eigenvalue weighted by Crippen LogP contribution is 2.35. The molecule has 1 aliphatic heterocycles. The Morgan fingerprint density at radius 1 is 1.03 bits per heavy atom. The summed E-state index contributed by atoms with van der Waals surface area (Å²) in [5.41, 5.74) is 0.822. The number of likely N-dealkylation sites (tertiary alicyclic amines) is 1. The van der Waals surface area contributed by atoms with Gasteiger partial charge in [-0.05, 0) is 29.8 Å². The third-order valence-corrected chi connectivity index (χ3v) is 5.66. The minimum atomic E-state index is -1.22. The van der Waals surface area contributed by atoms with E-state index in [4.69, 9.17) is 4.74 Å². The lowest BCUT2D eigenvalue weighted by molar-refractivity contribution is -0.129. The van der Waals surface area contributed by atoms with Gasteiger partial charge in [0.25, 0.3) is 0 Å². The molecule has 3 aromatic carbocycles. The summed E-state index contributed by atoms with van der Waals surface area (Å²) in [6.07, 6.45) is 0. The first-order chi connectivity index (χ1) is 16.4. The van der Waals surface area contributed by atoms with Crippen LogP contribution < -0.4 is 15.4 Å². The molecule has 2 atom stereocenters. The van der Waals surface area contributed by atoms with E-state index in [0.29, 0.717) is 5.69 Å². The second-order valence-electron chi connectivity index (χ2n) is 7.90. The molecule has 0 bridgehead atoms. The van der Waals surface area contributed by atoms with Crippen molar-refractivity contribution < 1.29 is 27.5 Å². The zero-order chi connectivity index (χ0) is 24.2. The van der Waals surface area contributed by atoms with Crippen LogP contribution in [0.1, 0.15) is 17.0 Å². The van der Waals surface area contributed by atoms with Gasteiger partial charge in [0.05, 0.1) is 7.11 Å². The molecule has 0 spiro atoms. The van der Waals surface area contributed by atoms with Crippen molar-refractivity contribution in [2.45, 2.75) is 18.5 Å². The molecule has 1 saturated heterocycles. The summed E-state index contributed by atoms with van der Waals surface area (Å²) in [4.78, 5) is 27.3. The van der Waals surface area contributed by atoms with Crippen molar-refractivity contribution in [3.8, 4) is 5.75 Å². The van der Waals surface area contributed by atoms with E-state index in [2.05, 4.69) is 10.6 Å². The van der Waals surface area contributed by atoms with E-state index >= 15 is 0 Å². The van der Waals surface area contributed by atoms with Crippen LogP contribution in [0.5, 0.6) is 5.75 Å². The monoisotopic (exact) mass is 469 g/mol. The highest BCUT2D eigenvalue weighted by Gasteiger charge is 2.44. The first-order valence-electron chi connectivity index (χ1n) is 10.5. The smallest absolute Gasteiger partial charge is 0.319 e. The Labute approximate surface area is 194 Å². The maximum absolute atomic E-state index is 14.9. The Morgan fingerprint density at radius 2 is 1.68 bits per heavy atom. The van der Waals surface area contributed by atoms with Crippen LogP contribution in [0, 0.1) is 17.5 Å². The number of nitrogens with zero attached hydrogens (tertiary/aromatic N) is 1. The van der Waals surface area contributed by atoms with E-state index in [-0.39, 0.29) is 24.4 Å². The number of nitrogens with one attached hydrogen (secondary N) is 2. The number of halogens is 3. The minimum Gasteiger partial charge on any atom is -0.497 e. The van der Waals surface area contributed by atoms with Crippen molar-refractivity contribution >= 4 is 17.6 Å². The number of carbonyl (C=O) groups is 2. The standard InChI is InChI=1S/C25H22F3N3O3/c1-34-18-11-20(27)22(21(28)12-18)19-14-31(13-15-5-3-2-4-6-15)24(32)23(19)30-25(33)29-17-9-7-16(26)8-10-17/h2-12,19,23H,13-14H2,1H3,(H2,29,30,33)/t19-,23-/m0/s1. The first-order valence-corrected chi connectivity index (χ1v) is 10.5. The van der Waals surface area contributed by atoms with Crippen LogP contribution in [-0.4, -0.2) is 36.5 Å². The number of rotatable bonds is 6. The van der Waals surface area contributed by atoms with E-state index < -0.39 is 41.3 Å². The van der Waals surface area contributed by atoms with E-state index in [9.17, 15) is 22.8 Å². The van der Waals surface area contributed by atoms with Crippen molar-refractivity contribution in [1.29, 1.82) is 0 Å². The quantitative estimate of drug-likeness (QED) is 0.561. The topological polar surface area (TPSA) is 70.7 Å². The number of amides is 3. The molecule has 3 aromatic rings. The zero-order valence-corrected chi connectivity index (χ0v) is 18.2. The second kappa shape index (κ2) is 9.86. The Bertz CT molecular complexity index is 1170. The van der Waals surface area contributed by atoms with Crippen molar-refractivity contribution in [3.63, 3.8) is 0 Å². The summed E-state index contributed by atoms with van der Waals surface area (Å²) in [5.74, 6) is -3.68. The third kappa shape index (κ3) is 4.98. The maximum atomic E-state index is 14.9. The van der Waals surface area contributed by atoms with Crippen LogP contribution >= 0.6 is 0 Å². The van der Waals surface area contributed by atoms with Crippen molar-refractivity contribution in [3.05, 3.63) is 95.3 Å². The molecule has 0 saturated carbocycles. The lowest BCUT2D eigenvalue weighted by Crippen LogP contribution is -2.45. The number of carbonyl (C=O) groups excluding carboxylic acids is 2. The van der Waals surface area contributed by atoms with Crippen LogP contribution in [0.3, 0.4) is 0 Å². The van der Waals surface area contributed by atoms with E-state index in [1.54, 1.807) is 0 Å². The molecule has 0 aromatic heterocycles. The second-order valence-corrected chi connectivity index (χ2v) is 7.90. The van der Waals surface area contributed by atoms with Crippen molar-refractivity contribution in [1.82, 2.24) is 10.2 Å². The van der Waals surface area contributed by atoms with Gasteiger partial charge in [-0.2, -0.15) is 0 Å². The Kier molecular flexibility index (Phi) is 6.72. The van der Waals surface area contributed by atoms with Gasteiger partial charge in [0.15, 0.2) is 0 Å². The summed E-state index contributed by atoms with van der Waals surface area (Å²) in [6.45, 7) is 0.211. The van der Waals surface area contributed by atoms with E-state index in [1.807, 2.05) is 30.3 Å². The predicted molar refractivity (Wildman–Crippen MR) is 120 cm³/mol. The van der Waals surface area contributed by atoms with Gasteiger partial charge < -0.3 is 20.3 Å². The molecule has 176 valence electrons. The van der Waals surface area contributed by atoms with Crippen LogP contribution in [0.4, 0.5) is 23.7 Å². The van der Waals surface area contributed by atoms with E-state index in [1.165, 1.54) is 36.3 Å². The Balaban J connectivity index is 1.62. The zero-order valence-electron chi connectivity index (χ0n) is 18.2. The highest BCUT2D eigenvalue weighted by atomic mass is 19.1. The molecule has 1 heterocycles. The maximum Gasteiger partial charge on any atom is 0.319 e. The fraction of sp³-hybridized carbons (Fsp3) is 0.200. The molecule has 9 heteroatoms. The summed E-state index contributed by atoms with van der Waals surface area (Å²) in [5, 5.41) is 5.05. The Morgan fingerprint density at radius 3 is 2.29 bits per heavy atom. The van der Waals surface area contributed by atoms with Gasteiger partial charge in [-0.25, -0.2) is 18.0 Å². The molecule has 3 amide bonds. The van der Waals surface area contributed by atoms with Gasteiger partial charge in [-0.3, -0.25) is 4.79 Å². The summed E-state index contributed by atoms with van der Waals surface area (Å²) < 4.78 is 47.9. The summed E-state index contributed by atoms with van der Waals surface area (Å²) in [6, 6.07) is 14.3. The average Bonchev–Trinajstić information content (AvgIpc) is 3.10. The summed E-state index contributed by atoms with van der Waals surface area (Å²) >= 11 is 0. The molecule has 2 N–H and O–H groups in total. The number of benzene rings is 3. The lowest BCUT2D eigenvalue weighted by Gasteiger charge is -2.20. The van der Waals surface area contributed by atoms with Crippen LogP contribution in [0.2, 0.25) is 0 Å². The number of urea groups is 1. The molecule has 0 unspecified atom stereocenters. The van der Waals surface area contributed by atoms with Crippen LogP contribution in [0.15, 0.2) is 66.7 Å². The first kappa shape index (κ1) is 23.2. The van der Waals surface area contributed by atoms with Crippen molar-refractivity contribution in [2.24, 2.45) is 0 Å². The largest absolute Gasteiger partial charge is 0.497 e. The minimum absolute atomic E-state index is 0.00257. The molecule has 4 rings (SSSR count). The number of hydrogen-bond acceptors (Lipinski definition) is 3. The van der Waals surface area contributed by atoms with Crippen LogP contribution in [0.25, 0.3) is 0 Å². The molecule has 6 nitrogen and oxygen atoms in total. The molecular weight excluding hydrogens is 447 g/mol. The number of methoxy groups -OCH3 is 1. The number of hydrogen-bond donors (Lipinski definition) is 2. The normalized spacial score (nSPS) is 17.5. The van der Waals surface area contributed by atoms with Gasteiger partial charge >= 0.3 is 6.03 Å². The van der Waals surface area contributed by atoms with Gasteiger partial charge in [-0.15, -0.1) is 0 Å². The Hall–Kier alpha value is -4.01. The SMILES string of the molecule is COc1cc(F)c([C@@H]2CN(Cc3ccccc3)C(=O)[C@H]2NC(=O)Nc2ccc(F)cc2)c(F)c1. The fourth-order valence-electron chi connectivity index (χ4n) is 4.04. The van der Waals surface area contributed by atoms with Gasteiger partial charge in [0, 0.05) is 42.4 Å². The van der Waals surface area contributed by atoms with E-state index in [0.717, 1.165) is 17.7 Å². The molecule has 1 fully saturated rings.